The van der Waals surface area contributed by atoms with Gasteiger partial charge in [0.05, 0.1) is 21.9 Å². The van der Waals surface area contributed by atoms with E-state index in [-0.39, 0.29) is 9.79 Å². The van der Waals surface area contributed by atoms with E-state index in [2.05, 4.69) is 0 Å². The summed E-state index contributed by atoms with van der Waals surface area (Å²) in [6.45, 7) is 5.36. The molecule has 5 unspecified atom stereocenters. The van der Waals surface area contributed by atoms with Gasteiger partial charge in [0, 0.05) is 7.11 Å². The largest absolute Gasteiger partial charge is 0.388 e. The maximum absolute atomic E-state index is 12.3. The molecule has 3 rings (SSSR count). The number of hydrogen-bond donors (Lipinski definition) is 3. The lowest BCUT2D eigenvalue weighted by Gasteiger charge is -2.40. The minimum atomic E-state index is -4.07. The SMILES string of the molecule is COC1OC(C)C(N)C(O)C1OS(=O)(=O)c1ccc(C)cc1.Cc1ccc(S(=O)(=O)O)cc1. The van der Waals surface area contributed by atoms with Crippen molar-refractivity contribution in [3.8, 4) is 0 Å². The average molecular weight is 504 g/mol. The summed E-state index contributed by atoms with van der Waals surface area (Å²) in [6.07, 6.45) is -3.97. The lowest BCUT2D eigenvalue weighted by atomic mass is 9.98. The van der Waals surface area contributed by atoms with Gasteiger partial charge in [0.2, 0.25) is 0 Å². The second-order valence-electron chi connectivity index (χ2n) is 7.63. The Balaban J connectivity index is 0.000000294. The van der Waals surface area contributed by atoms with Crippen molar-refractivity contribution < 1.29 is 40.2 Å². The molecule has 10 nitrogen and oxygen atoms in total. The van der Waals surface area contributed by atoms with E-state index in [1.807, 2.05) is 13.8 Å². The molecule has 0 aliphatic carbocycles. The molecule has 0 radical (unpaired) electrons. The van der Waals surface area contributed by atoms with E-state index in [1.54, 1.807) is 31.2 Å². The lowest BCUT2D eigenvalue weighted by Crippen LogP contribution is -2.61. The fourth-order valence-corrected chi connectivity index (χ4v) is 4.50. The molecule has 1 fully saturated rings. The second kappa shape index (κ2) is 11.0. The molecule has 1 aliphatic rings. The van der Waals surface area contributed by atoms with Gasteiger partial charge in [-0.2, -0.15) is 16.8 Å². The van der Waals surface area contributed by atoms with Crippen LogP contribution >= 0.6 is 0 Å². The maximum atomic E-state index is 12.3. The number of aliphatic hydroxyl groups excluding tert-OH is 1. The number of benzene rings is 2. The van der Waals surface area contributed by atoms with Crippen LogP contribution in [0.4, 0.5) is 0 Å². The summed E-state index contributed by atoms with van der Waals surface area (Å²) in [7, 11) is -6.75. The average Bonchev–Trinajstić information content (AvgIpc) is 2.74. The Morgan fingerprint density at radius 3 is 1.79 bits per heavy atom. The highest BCUT2D eigenvalue weighted by atomic mass is 32.2. The van der Waals surface area contributed by atoms with Crippen LogP contribution in [-0.2, 0) is 33.9 Å². The van der Waals surface area contributed by atoms with E-state index in [0.29, 0.717) is 0 Å². The van der Waals surface area contributed by atoms with Crippen molar-refractivity contribution in [2.24, 2.45) is 5.73 Å². The Kier molecular flexibility index (Phi) is 9.13. The fraction of sp³-hybridized carbons (Fsp3) is 0.429. The van der Waals surface area contributed by atoms with E-state index < -0.39 is 50.9 Å². The topological polar surface area (TPSA) is 162 Å². The third kappa shape index (κ3) is 7.29. The van der Waals surface area contributed by atoms with Gasteiger partial charge < -0.3 is 20.3 Å². The van der Waals surface area contributed by atoms with Crippen molar-refractivity contribution in [1.82, 2.24) is 0 Å². The van der Waals surface area contributed by atoms with Crippen LogP contribution in [0.25, 0.3) is 0 Å². The van der Waals surface area contributed by atoms with Gasteiger partial charge in [-0.1, -0.05) is 35.4 Å². The Bertz CT molecular complexity index is 1120. The molecule has 5 atom stereocenters. The predicted octanol–water partition coefficient (Wildman–Crippen LogP) is 1.39. The molecule has 1 aliphatic heterocycles. The molecule has 2 aromatic carbocycles. The van der Waals surface area contributed by atoms with E-state index >= 15 is 0 Å². The highest BCUT2D eigenvalue weighted by Crippen LogP contribution is 2.26. The molecule has 184 valence electrons. The van der Waals surface area contributed by atoms with Gasteiger partial charge in [0.1, 0.15) is 6.10 Å². The molecule has 2 aromatic rings. The fourth-order valence-electron chi connectivity index (χ4n) is 2.95. The van der Waals surface area contributed by atoms with Gasteiger partial charge in [-0.3, -0.25) is 8.74 Å². The zero-order valence-electron chi connectivity index (χ0n) is 18.7. The number of ether oxygens (including phenoxy) is 2. The molecule has 0 aromatic heterocycles. The Morgan fingerprint density at radius 1 is 0.909 bits per heavy atom. The van der Waals surface area contributed by atoms with Crippen LogP contribution in [0.1, 0.15) is 18.1 Å². The van der Waals surface area contributed by atoms with E-state index in [4.69, 9.17) is 23.9 Å². The Labute approximate surface area is 194 Å². The van der Waals surface area contributed by atoms with E-state index in [1.165, 1.54) is 31.4 Å². The van der Waals surface area contributed by atoms with Gasteiger partial charge in [0.25, 0.3) is 20.2 Å². The molecule has 1 saturated heterocycles. The number of aliphatic hydroxyl groups is 1. The number of aryl methyl sites for hydroxylation is 2. The predicted molar refractivity (Wildman–Crippen MR) is 120 cm³/mol. The zero-order valence-corrected chi connectivity index (χ0v) is 20.3. The van der Waals surface area contributed by atoms with Crippen LogP contribution in [0.5, 0.6) is 0 Å². The van der Waals surface area contributed by atoms with Crippen molar-refractivity contribution in [2.75, 3.05) is 7.11 Å². The van der Waals surface area contributed by atoms with Gasteiger partial charge >= 0.3 is 0 Å². The van der Waals surface area contributed by atoms with Crippen LogP contribution in [0.15, 0.2) is 58.3 Å². The summed E-state index contributed by atoms with van der Waals surface area (Å²) in [6, 6.07) is 11.4. The molecular weight excluding hydrogens is 474 g/mol. The van der Waals surface area contributed by atoms with Crippen LogP contribution in [0.2, 0.25) is 0 Å². The van der Waals surface area contributed by atoms with Crippen LogP contribution < -0.4 is 5.73 Å². The van der Waals surface area contributed by atoms with Gasteiger partial charge in [-0.15, -0.1) is 0 Å². The first-order valence-electron chi connectivity index (χ1n) is 9.92. The number of hydrogen-bond acceptors (Lipinski definition) is 9. The number of nitrogens with two attached hydrogens (primary N) is 1. The molecule has 33 heavy (non-hydrogen) atoms. The monoisotopic (exact) mass is 503 g/mol. The third-order valence-electron chi connectivity index (χ3n) is 4.99. The van der Waals surface area contributed by atoms with Crippen molar-refractivity contribution in [2.45, 2.75) is 61.2 Å². The molecular formula is C21H29NO9S2. The van der Waals surface area contributed by atoms with Crippen molar-refractivity contribution in [1.29, 1.82) is 0 Å². The van der Waals surface area contributed by atoms with Gasteiger partial charge in [0.15, 0.2) is 12.4 Å². The smallest absolute Gasteiger partial charge is 0.297 e. The molecule has 12 heteroatoms. The molecule has 0 spiro atoms. The summed E-state index contributed by atoms with van der Waals surface area (Å²) < 4.78 is 69.8. The highest BCUT2D eigenvalue weighted by Gasteiger charge is 2.45. The van der Waals surface area contributed by atoms with Crippen LogP contribution in [0.3, 0.4) is 0 Å². The minimum absolute atomic E-state index is 0.00709. The molecule has 1 heterocycles. The first kappa shape index (κ1) is 27.3. The van der Waals surface area contributed by atoms with E-state index in [9.17, 15) is 21.9 Å². The van der Waals surface area contributed by atoms with Crippen molar-refractivity contribution >= 4 is 20.2 Å². The molecule has 0 bridgehead atoms. The second-order valence-corrected chi connectivity index (χ2v) is 10.6. The first-order chi connectivity index (χ1) is 15.3. The third-order valence-corrected chi connectivity index (χ3v) is 7.18. The highest BCUT2D eigenvalue weighted by molar-refractivity contribution is 7.86. The van der Waals surface area contributed by atoms with Crippen molar-refractivity contribution in [3.63, 3.8) is 0 Å². The van der Waals surface area contributed by atoms with E-state index in [0.717, 1.165) is 11.1 Å². The first-order valence-corrected chi connectivity index (χ1v) is 12.8. The number of rotatable bonds is 5. The Morgan fingerprint density at radius 2 is 1.36 bits per heavy atom. The lowest BCUT2D eigenvalue weighted by molar-refractivity contribution is -0.252. The summed E-state index contributed by atoms with van der Waals surface area (Å²) in [5.41, 5.74) is 7.68. The summed E-state index contributed by atoms with van der Waals surface area (Å²) in [5.74, 6) is 0. The van der Waals surface area contributed by atoms with Crippen LogP contribution in [0, 0.1) is 13.8 Å². The Hall–Kier alpha value is -1.90. The van der Waals surface area contributed by atoms with Crippen molar-refractivity contribution in [3.05, 3.63) is 59.7 Å². The minimum Gasteiger partial charge on any atom is -0.388 e. The summed E-state index contributed by atoms with van der Waals surface area (Å²) in [4.78, 5) is -0.0737. The molecule has 4 N–H and O–H groups in total. The summed E-state index contributed by atoms with van der Waals surface area (Å²) >= 11 is 0. The zero-order chi connectivity index (χ0) is 25.0. The standard InChI is InChI=1S/C14H21NO6S.C7H8O3S/c1-8-4-6-10(7-5-8)22(17,18)21-13-12(16)11(15)9(2)20-14(13)19-3;1-6-2-4-7(5-3-6)11(8,9)10/h4-7,9,11-14,16H,15H2,1-3H3;2-5H,1H3,(H,8,9,10). The summed E-state index contributed by atoms with van der Waals surface area (Å²) in [5, 5.41) is 10.2. The normalized spacial score (nSPS) is 25.7. The quantitative estimate of drug-likeness (QED) is 0.401. The number of methoxy groups -OCH3 is 1. The van der Waals surface area contributed by atoms with Gasteiger partial charge in [-0.25, -0.2) is 0 Å². The molecule has 0 saturated carbocycles. The maximum Gasteiger partial charge on any atom is 0.297 e. The van der Waals surface area contributed by atoms with Gasteiger partial charge in [-0.05, 0) is 45.0 Å². The molecule has 0 amide bonds. The van der Waals surface area contributed by atoms with Crippen LogP contribution in [-0.4, -0.2) is 64.2 Å².